The van der Waals surface area contributed by atoms with Crippen LogP contribution in [0.5, 0.6) is 0 Å². The molecule has 21 heavy (non-hydrogen) atoms. The van der Waals surface area contributed by atoms with Crippen LogP contribution in [-0.4, -0.2) is 42.0 Å². The predicted molar refractivity (Wildman–Crippen MR) is 72.8 cm³/mol. The number of carbonyl (C=O) groups is 1. The largest absolute Gasteiger partial charge is 0.419 e. The first-order valence-electron chi connectivity index (χ1n) is 6.52. The van der Waals surface area contributed by atoms with Crippen LogP contribution >= 0.6 is 0 Å². The summed E-state index contributed by atoms with van der Waals surface area (Å²) in [7, 11) is 0. The first-order valence-corrected chi connectivity index (χ1v) is 6.52. The van der Waals surface area contributed by atoms with Crippen molar-refractivity contribution < 1.29 is 18.0 Å². The second-order valence-corrected chi connectivity index (χ2v) is 4.93. The average molecular weight is 299 g/mol. The molecule has 0 saturated carbocycles. The molecule has 0 aromatic carbocycles. The van der Waals surface area contributed by atoms with Crippen LogP contribution in [0, 0.1) is 0 Å². The van der Waals surface area contributed by atoms with Gasteiger partial charge >= 0.3 is 6.18 Å². The zero-order valence-corrected chi connectivity index (χ0v) is 11.7. The van der Waals surface area contributed by atoms with Crippen LogP contribution in [0.2, 0.25) is 0 Å². The Kier molecular flexibility index (Phi) is 4.20. The summed E-state index contributed by atoms with van der Waals surface area (Å²) < 4.78 is 38.9. The number of hydrogen-bond acceptors (Lipinski definition) is 3. The molecule has 2 rings (SSSR count). The van der Waals surface area contributed by atoms with Gasteiger partial charge in [0.1, 0.15) is 5.82 Å². The molecule has 4 nitrogen and oxygen atoms in total. The topological polar surface area (TPSA) is 36.4 Å². The van der Waals surface area contributed by atoms with E-state index in [1.165, 1.54) is 12.3 Å². The van der Waals surface area contributed by atoms with Gasteiger partial charge in [-0.25, -0.2) is 4.98 Å². The molecule has 1 aromatic heterocycles. The lowest BCUT2D eigenvalue weighted by Gasteiger charge is -2.36. The molecule has 1 aromatic rings. The number of nitrogens with zero attached hydrogens (tertiary/aromatic N) is 3. The highest BCUT2D eigenvalue weighted by molar-refractivity contribution is 5.92. The van der Waals surface area contributed by atoms with Crippen LogP contribution in [0.1, 0.15) is 12.5 Å². The molecule has 1 aliphatic heterocycles. The van der Waals surface area contributed by atoms with Gasteiger partial charge in [0.2, 0.25) is 5.91 Å². The highest BCUT2D eigenvalue weighted by atomic mass is 19.4. The monoisotopic (exact) mass is 299 g/mol. The van der Waals surface area contributed by atoms with E-state index in [4.69, 9.17) is 0 Å². The molecule has 1 aliphatic rings. The third kappa shape index (κ3) is 3.34. The van der Waals surface area contributed by atoms with Crippen molar-refractivity contribution in [1.29, 1.82) is 0 Å². The second-order valence-electron chi connectivity index (χ2n) is 4.93. The molecule has 0 unspecified atom stereocenters. The van der Waals surface area contributed by atoms with Crippen molar-refractivity contribution in [3.63, 3.8) is 0 Å². The van der Waals surface area contributed by atoms with Crippen molar-refractivity contribution in [3.8, 4) is 0 Å². The summed E-state index contributed by atoms with van der Waals surface area (Å²) in [5, 5.41) is 0. The maximum atomic E-state index is 13.0. The highest BCUT2D eigenvalue weighted by Gasteiger charge is 2.36. The minimum Gasteiger partial charge on any atom is -0.353 e. The van der Waals surface area contributed by atoms with E-state index in [1.807, 2.05) is 0 Å². The van der Waals surface area contributed by atoms with E-state index in [-0.39, 0.29) is 11.7 Å². The Hall–Kier alpha value is -2.05. The molecule has 0 atom stereocenters. The number of rotatable bonds is 2. The number of aromatic nitrogens is 1. The quantitative estimate of drug-likeness (QED) is 0.786. The van der Waals surface area contributed by atoms with E-state index in [9.17, 15) is 18.0 Å². The molecule has 1 amide bonds. The fourth-order valence-corrected chi connectivity index (χ4v) is 2.26. The number of pyridine rings is 1. The fraction of sp³-hybridized carbons (Fsp3) is 0.429. The number of piperazine rings is 1. The van der Waals surface area contributed by atoms with Crippen LogP contribution in [-0.2, 0) is 11.0 Å². The number of amides is 1. The van der Waals surface area contributed by atoms with Gasteiger partial charge < -0.3 is 9.80 Å². The van der Waals surface area contributed by atoms with Crippen molar-refractivity contribution in [2.45, 2.75) is 13.1 Å². The van der Waals surface area contributed by atoms with Crippen molar-refractivity contribution in [2.24, 2.45) is 0 Å². The molecular formula is C14H16F3N3O. The maximum absolute atomic E-state index is 13.0. The van der Waals surface area contributed by atoms with Gasteiger partial charge in [-0.3, -0.25) is 4.79 Å². The van der Waals surface area contributed by atoms with E-state index in [2.05, 4.69) is 11.6 Å². The Labute approximate surface area is 120 Å². The molecule has 114 valence electrons. The first kappa shape index (κ1) is 15.3. The van der Waals surface area contributed by atoms with Gasteiger partial charge in [-0.1, -0.05) is 6.58 Å². The van der Waals surface area contributed by atoms with Crippen molar-refractivity contribution in [3.05, 3.63) is 36.0 Å². The van der Waals surface area contributed by atoms with Crippen LogP contribution in [0.3, 0.4) is 0 Å². The van der Waals surface area contributed by atoms with Crippen LogP contribution in [0.4, 0.5) is 19.0 Å². The number of alkyl halides is 3. The fourth-order valence-electron chi connectivity index (χ4n) is 2.26. The lowest BCUT2D eigenvalue weighted by atomic mass is 10.2. The molecule has 1 saturated heterocycles. The number of carbonyl (C=O) groups excluding carboxylic acids is 1. The molecule has 0 bridgehead atoms. The van der Waals surface area contributed by atoms with Gasteiger partial charge in [-0.05, 0) is 19.1 Å². The van der Waals surface area contributed by atoms with E-state index in [1.54, 1.807) is 16.7 Å². The summed E-state index contributed by atoms with van der Waals surface area (Å²) in [4.78, 5) is 18.8. The molecule has 2 heterocycles. The summed E-state index contributed by atoms with van der Waals surface area (Å²) in [6, 6.07) is 2.29. The van der Waals surface area contributed by atoms with Crippen molar-refractivity contribution in [2.75, 3.05) is 31.1 Å². The Morgan fingerprint density at radius 1 is 1.29 bits per heavy atom. The van der Waals surface area contributed by atoms with Gasteiger partial charge in [0.15, 0.2) is 0 Å². The van der Waals surface area contributed by atoms with Crippen LogP contribution in [0.15, 0.2) is 30.5 Å². The third-order valence-corrected chi connectivity index (χ3v) is 3.32. The van der Waals surface area contributed by atoms with E-state index < -0.39 is 11.7 Å². The molecular weight excluding hydrogens is 283 g/mol. The zero-order valence-electron chi connectivity index (χ0n) is 11.7. The summed E-state index contributed by atoms with van der Waals surface area (Å²) in [6.45, 7) is 6.57. The minimum absolute atomic E-state index is 0.0765. The summed E-state index contributed by atoms with van der Waals surface area (Å²) in [6.07, 6.45) is -3.09. The molecule has 0 aliphatic carbocycles. The van der Waals surface area contributed by atoms with Crippen molar-refractivity contribution in [1.82, 2.24) is 9.88 Å². The number of halogens is 3. The Balaban J connectivity index is 2.13. The van der Waals surface area contributed by atoms with Crippen LogP contribution in [0.25, 0.3) is 0 Å². The van der Waals surface area contributed by atoms with E-state index in [0.29, 0.717) is 31.8 Å². The van der Waals surface area contributed by atoms with Gasteiger partial charge in [0, 0.05) is 37.9 Å². The Morgan fingerprint density at radius 3 is 2.43 bits per heavy atom. The predicted octanol–water partition coefficient (Wildman–Crippen LogP) is 2.33. The van der Waals surface area contributed by atoms with Crippen molar-refractivity contribution >= 4 is 11.7 Å². The SMILES string of the molecule is C=C(C)C(=O)N1CCN(c2ncccc2C(F)(F)F)CC1. The van der Waals surface area contributed by atoms with Gasteiger partial charge in [0.25, 0.3) is 0 Å². The minimum atomic E-state index is -4.44. The maximum Gasteiger partial charge on any atom is 0.419 e. The number of anilines is 1. The first-order chi connectivity index (χ1) is 9.80. The molecule has 1 fully saturated rings. The van der Waals surface area contributed by atoms with Gasteiger partial charge in [-0.2, -0.15) is 13.2 Å². The highest BCUT2D eigenvalue weighted by Crippen LogP contribution is 2.35. The van der Waals surface area contributed by atoms with Gasteiger partial charge in [-0.15, -0.1) is 0 Å². The molecule has 0 spiro atoms. The smallest absolute Gasteiger partial charge is 0.353 e. The molecule has 7 heteroatoms. The van der Waals surface area contributed by atoms with E-state index in [0.717, 1.165) is 6.07 Å². The Morgan fingerprint density at radius 2 is 1.90 bits per heavy atom. The normalized spacial score (nSPS) is 16.0. The second kappa shape index (κ2) is 5.75. The lowest BCUT2D eigenvalue weighted by Crippen LogP contribution is -2.49. The molecule has 0 N–H and O–H groups in total. The Bertz CT molecular complexity index is 549. The lowest BCUT2D eigenvalue weighted by molar-refractivity contribution is -0.137. The van der Waals surface area contributed by atoms with Gasteiger partial charge in [0.05, 0.1) is 5.56 Å². The summed E-state index contributed by atoms with van der Waals surface area (Å²) in [5.74, 6) is -0.237. The zero-order chi connectivity index (χ0) is 15.6. The standard InChI is InChI=1S/C14H16F3N3O/c1-10(2)13(21)20-8-6-19(7-9-20)12-11(14(15,16)17)4-3-5-18-12/h3-5H,1,6-9H2,2H3. The summed E-state index contributed by atoms with van der Waals surface area (Å²) >= 11 is 0. The summed E-state index contributed by atoms with van der Waals surface area (Å²) in [5.41, 5.74) is -0.318. The number of hydrogen-bond donors (Lipinski definition) is 0. The molecule has 0 radical (unpaired) electrons. The van der Waals surface area contributed by atoms with Crippen LogP contribution < -0.4 is 4.90 Å². The van der Waals surface area contributed by atoms with E-state index >= 15 is 0 Å². The third-order valence-electron chi connectivity index (χ3n) is 3.32. The average Bonchev–Trinajstić information content (AvgIpc) is 2.45.